The molecule has 1 unspecified atom stereocenters. The van der Waals surface area contributed by atoms with E-state index in [9.17, 15) is 5.11 Å². The molecule has 0 spiro atoms. The molecule has 0 bridgehead atoms. The molecule has 128 valence electrons. The number of piperidine rings is 2. The predicted molar refractivity (Wildman–Crippen MR) is 89.0 cm³/mol. The van der Waals surface area contributed by atoms with Gasteiger partial charge in [0.1, 0.15) is 0 Å². The number of rotatable bonds is 6. The highest BCUT2D eigenvalue weighted by atomic mass is 16.5. The quantitative estimate of drug-likeness (QED) is 0.814. The summed E-state index contributed by atoms with van der Waals surface area (Å²) in [5, 5.41) is 9.56. The largest absolute Gasteiger partial charge is 0.396 e. The Bertz CT molecular complexity index is 332. The average Bonchev–Trinajstić information content (AvgIpc) is 2.51. The van der Waals surface area contributed by atoms with Gasteiger partial charge in [0.25, 0.3) is 0 Å². The summed E-state index contributed by atoms with van der Waals surface area (Å²) in [7, 11) is 0. The van der Waals surface area contributed by atoms with Crippen molar-refractivity contribution in [3.05, 3.63) is 0 Å². The lowest BCUT2D eigenvalue weighted by atomic mass is 9.84. The lowest BCUT2D eigenvalue weighted by Crippen LogP contribution is -2.54. The van der Waals surface area contributed by atoms with Crippen molar-refractivity contribution < 1.29 is 9.84 Å². The Morgan fingerprint density at radius 2 is 1.86 bits per heavy atom. The zero-order chi connectivity index (χ0) is 15.4. The van der Waals surface area contributed by atoms with E-state index in [0.29, 0.717) is 0 Å². The van der Waals surface area contributed by atoms with E-state index in [1.165, 1.54) is 64.7 Å². The minimum atomic E-state index is 0.0517. The van der Waals surface area contributed by atoms with Crippen molar-refractivity contribution in [2.75, 3.05) is 52.5 Å². The van der Waals surface area contributed by atoms with Gasteiger partial charge in [-0.3, -0.25) is 0 Å². The van der Waals surface area contributed by atoms with Crippen LogP contribution in [0, 0.1) is 11.3 Å². The summed E-state index contributed by atoms with van der Waals surface area (Å²) < 4.78 is 5.32. The number of nitrogens with zero attached hydrogens (tertiary/aromatic N) is 2. The Labute approximate surface area is 135 Å². The normalized spacial score (nSPS) is 31.1. The standard InChI is InChI=1S/C18H34N2O2/c1-16-4-2-3-8-20(16)11-7-17-5-9-19(10-6-17)12-18(13-21)14-22-15-18/h16-17,21H,2-15H2,1H3. The molecule has 3 heterocycles. The number of ether oxygens (including phenoxy) is 1. The molecule has 3 aliphatic heterocycles. The number of hydrogen-bond donors (Lipinski definition) is 1. The topological polar surface area (TPSA) is 35.9 Å². The van der Waals surface area contributed by atoms with Gasteiger partial charge in [0, 0.05) is 12.6 Å². The zero-order valence-corrected chi connectivity index (χ0v) is 14.3. The van der Waals surface area contributed by atoms with E-state index in [0.717, 1.165) is 31.7 Å². The zero-order valence-electron chi connectivity index (χ0n) is 14.3. The van der Waals surface area contributed by atoms with Gasteiger partial charge in [0.15, 0.2) is 0 Å². The van der Waals surface area contributed by atoms with Crippen molar-refractivity contribution in [3.63, 3.8) is 0 Å². The highest BCUT2D eigenvalue weighted by molar-refractivity contribution is 4.89. The van der Waals surface area contributed by atoms with E-state index in [2.05, 4.69) is 16.7 Å². The summed E-state index contributed by atoms with van der Waals surface area (Å²) in [5.41, 5.74) is 0.0517. The minimum Gasteiger partial charge on any atom is -0.396 e. The first-order chi connectivity index (χ1) is 10.7. The van der Waals surface area contributed by atoms with Gasteiger partial charge in [0.05, 0.1) is 25.2 Å². The molecule has 3 fully saturated rings. The first-order valence-corrected chi connectivity index (χ1v) is 9.36. The number of likely N-dealkylation sites (tertiary alicyclic amines) is 2. The van der Waals surface area contributed by atoms with Crippen LogP contribution in [0.2, 0.25) is 0 Å². The molecule has 1 atom stereocenters. The summed E-state index contributed by atoms with van der Waals surface area (Å²) in [4.78, 5) is 5.26. The van der Waals surface area contributed by atoms with Crippen LogP contribution in [-0.4, -0.2) is 73.5 Å². The minimum absolute atomic E-state index is 0.0517. The summed E-state index contributed by atoms with van der Waals surface area (Å²) in [6, 6.07) is 0.803. The molecule has 0 saturated carbocycles. The summed E-state index contributed by atoms with van der Waals surface area (Å²) in [6.07, 6.45) is 8.27. The molecule has 3 rings (SSSR count). The molecule has 22 heavy (non-hydrogen) atoms. The van der Waals surface area contributed by atoms with Crippen molar-refractivity contribution in [3.8, 4) is 0 Å². The van der Waals surface area contributed by atoms with Crippen LogP contribution in [-0.2, 0) is 4.74 Å². The molecule has 4 heteroatoms. The summed E-state index contributed by atoms with van der Waals surface area (Å²) in [6.45, 7) is 10.2. The molecule has 0 aromatic carbocycles. The number of aliphatic hydroxyl groups excluding tert-OH is 1. The van der Waals surface area contributed by atoms with Gasteiger partial charge < -0.3 is 19.6 Å². The Balaban J connectivity index is 1.35. The van der Waals surface area contributed by atoms with Crippen molar-refractivity contribution in [1.82, 2.24) is 9.80 Å². The maximum Gasteiger partial charge on any atom is 0.0579 e. The molecule has 0 radical (unpaired) electrons. The van der Waals surface area contributed by atoms with Gasteiger partial charge in [-0.15, -0.1) is 0 Å². The van der Waals surface area contributed by atoms with Gasteiger partial charge in [-0.2, -0.15) is 0 Å². The SMILES string of the molecule is CC1CCCCN1CCC1CCN(CC2(CO)COC2)CC1. The molecule has 0 aromatic heterocycles. The maximum atomic E-state index is 9.56. The average molecular weight is 310 g/mol. The van der Waals surface area contributed by atoms with Crippen LogP contribution >= 0.6 is 0 Å². The van der Waals surface area contributed by atoms with E-state index in [4.69, 9.17) is 4.74 Å². The second-order valence-electron chi connectivity index (χ2n) is 8.04. The van der Waals surface area contributed by atoms with Gasteiger partial charge in [0.2, 0.25) is 0 Å². The molecule has 3 aliphatic rings. The van der Waals surface area contributed by atoms with E-state index in [1.807, 2.05) is 0 Å². The molecule has 0 aliphatic carbocycles. The number of hydrogen-bond acceptors (Lipinski definition) is 4. The van der Waals surface area contributed by atoms with Crippen LogP contribution in [0.5, 0.6) is 0 Å². The molecule has 3 saturated heterocycles. The number of aliphatic hydroxyl groups is 1. The van der Waals surface area contributed by atoms with Gasteiger partial charge >= 0.3 is 0 Å². The maximum absolute atomic E-state index is 9.56. The fourth-order valence-electron chi connectivity index (χ4n) is 4.37. The van der Waals surface area contributed by atoms with Crippen molar-refractivity contribution in [2.45, 2.75) is 51.5 Å². The molecular weight excluding hydrogens is 276 g/mol. The third-order valence-corrected chi connectivity index (χ3v) is 6.18. The predicted octanol–water partition coefficient (Wildman–Crippen LogP) is 1.97. The van der Waals surface area contributed by atoms with Crippen LogP contribution in [0.4, 0.5) is 0 Å². The third-order valence-electron chi connectivity index (χ3n) is 6.18. The van der Waals surface area contributed by atoms with E-state index < -0.39 is 0 Å². The van der Waals surface area contributed by atoms with Crippen molar-refractivity contribution >= 4 is 0 Å². The van der Waals surface area contributed by atoms with E-state index >= 15 is 0 Å². The smallest absolute Gasteiger partial charge is 0.0579 e. The second kappa shape index (κ2) is 7.61. The summed E-state index contributed by atoms with van der Waals surface area (Å²) >= 11 is 0. The van der Waals surface area contributed by atoms with Crippen molar-refractivity contribution in [2.24, 2.45) is 11.3 Å². The highest BCUT2D eigenvalue weighted by Crippen LogP contribution is 2.30. The highest BCUT2D eigenvalue weighted by Gasteiger charge is 2.40. The van der Waals surface area contributed by atoms with Gasteiger partial charge in [-0.05, 0) is 71.1 Å². The molecular formula is C18H34N2O2. The Morgan fingerprint density at radius 1 is 1.09 bits per heavy atom. The third kappa shape index (κ3) is 4.02. The van der Waals surface area contributed by atoms with Crippen LogP contribution in [0.15, 0.2) is 0 Å². The van der Waals surface area contributed by atoms with E-state index in [-0.39, 0.29) is 12.0 Å². The van der Waals surface area contributed by atoms with Crippen LogP contribution in [0.1, 0.15) is 45.4 Å². The van der Waals surface area contributed by atoms with Gasteiger partial charge in [-0.1, -0.05) is 6.42 Å². The molecule has 4 nitrogen and oxygen atoms in total. The fourth-order valence-corrected chi connectivity index (χ4v) is 4.37. The lowest BCUT2D eigenvalue weighted by molar-refractivity contribution is -0.150. The molecule has 0 aromatic rings. The Morgan fingerprint density at radius 3 is 2.45 bits per heavy atom. The van der Waals surface area contributed by atoms with E-state index in [1.54, 1.807) is 0 Å². The molecule has 0 amide bonds. The summed E-state index contributed by atoms with van der Waals surface area (Å²) in [5.74, 6) is 0.910. The lowest BCUT2D eigenvalue weighted by Gasteiger charge is -2.45. The fraction of sp³-hybridized carbons (Fsp3) is 1.00. The first-order valence-electron chi connectivity index (χ1n) is 9.36. The monoisotopic (exact) mass is 310 g/mol. The van der Waals surface area contributed by atoms with Gasteiger partial charge in [-0.25, -0.2) is 0 Å². The van der Waals surface area contributed by atoms with Crippen LogP contribution < -0.4 is 0 Å². The Kier molecular flexibility index (Phi) is 5.77. The second-order valence-corrected chi connectivity index (χ2v) is 8.04. The van der Waals surface area contributed by atoms with Crippen LogP contribution in [0.3, 0.4) is 0 Å². The first kappa shape index (κ1) is 16.7. The van der Waals surface area contributed by atoms with Crippen molar-refractivity contribution in [1.29, 1.82) is 0 Å². The Hall–Kier alpha value is -0.160. The molecule has 1 N–H and O–H groups in total. The van der Waals surface area contributed by atoms with Crippen LogP contribution in [0.25, 0.3) is 0 Å².